The molecule has 4 aliphatic rings. The number of benzene rings is 4. The molecule has 8 rings (SSSR count). The Morgan fingerprint density at radius 2 is 0.917 bits per heavy atom. The average molecular weight is 655 g/mol. The highest BCUT2D eigenvalue weighted by Crippen LogP contribution is 2.66. The molecular formula is C38H30F4N2O4. The van der Waals surface area contributed by atoms with Crippen LogP contribution in [0.1, 0.15) is 59.8 Å². The molecule has 1 unspecified atom stereocenters. The third-order valence-corrected chi connectivity index (χ3v) is 10.1. The SMILES string of the molecule is O=C1CC2(C[C@H]2c2ccc(F)cc2F)C(=O)N1Cc1ccccc1.O=C1C[C@]2(C[C@@H]2c2ccc(F)cc2F)C(=O)N1Cc1ccccc1. The normalized spacial score (nSPS) is 25.6. The Morgan fingerprint density at radius 3 is 1.27 bits per heavy atom. The zero-order chi connectivity index (χ0) is 33.8. The molecule has 244 valence electrons. The van der Waals surface area contributed by atoms with E-state index in [9.17, 15) is 36.7 Å². The molecule has 4 amide bonds. The van der Waals surface area contributed by atoms with Crippen molar-refractivity contribution in [1.82, 2.24) is 9.80 Å². The fourth-order valence-corrected chi connectivity index (χ4v) is 7.36. The van der Waals surface area contributed by atoms with Gasteiger partial charge in [0.25, 0.3) is 0 Å². The van der Waals surface area contributed by atoms with Gasteiger partial charge in [0, 0.05) is 36.8 Å². The molecule has 10 heteroatoms. The minimum absolute atomic E-state index is 0.0974. The number of likely N-dealkylation sites (tertiary alicyclic amines) is 2. The van der Waals surface area contributed by atoms with E-state index in [1.165, 1.54) is 34.1 Å². The van der Waals surface area contributed by atoms with Crippen LogP contribution in [0.4, 0.5) is 17.6 Å². The molecule has 0 N–H and O–H groups in total. The maximum Gasteiger partial charge on any atom is 0.236 e. The van der Waals surface area contributed by atoms with Gasteiger partial charge in [0.2, 0.25) is 23.6 Å². The average Bonchev–Trinajstić information content (AvgIpc) is 3.94. The lowest BCUT2D eigenvalue weighted by atomic mass is 9.97. The predicted molar refractivity (Wildman–Crippen MR) is 166 cm³/mol. The number of carbonyl (C=O) groups is 4. The van der Waals surface area contributed by atoms with E-state index in [-0.39, 0.29) is 61.4 Å². The van der Waals surface area contributed by atoms with Crippen molar-refractivity contribution in [3.05, 3.63) is 143 Å². The van der Waals surface area contributed by atoms with Crippen LogP contribution in [0.3, 0.4) is 0 Å². The predicted octanol–water partition coefficient (Wildman–Crippen LogP) is 6.80. The Hall–Kier alpha value is -5.12. The van der Waals surface area contributed by atoms with E-state index in [1.807, 2.05) is 60.7 Å². The van der Waals surface area contributed by atoms with Crippen LogP contribution in [-0.2, 0) is 32.3 Å². The van der Waals surface area contributed by atoms with Crippen molar-refractivity contribution in [2.75, 3.05) is 0 Å². The van der Waals surface area contributed by atoms with Crippen molar-refractivity contribution in [2.24, 2.45) is 10.8 Å². The number of nitrogens with zero attached hydrogens (tertiary/aromatic N) is 2. The van der Waals surface area contributed by atoms with E-state index < -0.39 is 34.1 Å². The minimum atomic E-state index is -0.843. The van der Waals surface area contributed by atoms with Crippen molar-refractivity contribution in [3.63, 3.8) is 0 Å². The van der Waals surface area contributed by atoms with Crippen LogP contribution in [0.5, 0.6) is 0 Å². The Kier molecular flexibility index (Phi) is 7.77. The molecule has 0 bridgehead atoms. The second-order valence-electron chi connectivity index (χ2n) is 13.1. The molecule has 6 nitrogen and oxygen atoms in total. The van der Waals surface area contributed by atoms with Gasteiger partial charge in [-0.05, 0) is 47.2 Å². The number of halogens is 4. The van der Waals surface area contributed by atoms with Gasteiger partial charge in [-0.3, -0.25) is 29.0 Å². The lowest BCUT2D eigenvalue weighted by Crippen LogP contribution is -2.30. The molecule has 48 heavy (non-hydrogen) atoms. The molecule has 0 aromatic heterocycles. The molecule has 2 spiro atoms. The molecule has 4 aromatic rings. The van der Waals surface area contributed by atoms with Gasteiger partial charge in [0.05, 0.1) is 23.9 Å². The van der Waals surface area contributed by atoms with Crippen molar-refractivity contribution in [1.29, 1.82) is 0 Å². The van der Waals surface area contributed by atoms with Crippen LogP contribution >= 0.6 is 0 Å². The summed E-state index contributed by atoms with van der Waals surface area (Å²) in [6.45, 7) is 0.470. The fourth-order valence-electron chi connectivity index (χ4n) is 7.36. The van der Waals surface area contributed by atoms with E-state index in [4.69, 9.17) is 0 Å². The number of carbonyl (C=O) groups excluding carboxylic acids is 4. The summed E-state index contributed by atoms with van der Waals surface area (Å²) in [6, 6.07) is 25.3. The standard InChI is InChI=1S/2C19H15F2NO2/c2*20-13-6-7-14(16(21)8-13)15-9-19(15)10-17(23)22(18(19)24)11-12-4-2-1-3-5-12/h2*1-8,15H,9-11H2/t15-,19?;15-,19+/m01/s1. The lowest BCUT2D eigenvalue weighted by Gasteiger charge is -2.15. The summed E-state index contributed by atoms with van der Waals surface area (Å²) in [4.78, 5) is 52.7. The Balaban J connectivity index is 0.000000152. The molecule has 2 saturated heterocycles. The van der Waals surface area contributed by atoms with Crippen molar-refractivity contribution < 1.29 is 36.7 Å². The first kappa shape index (κ1) is 31.5. The van der Waals surface area contributed by atoms with E-state index in [0.29, 0.717) is 24.0 Å². The van der Waals surface area contributed by atoms with E-state index in [0.717, 1.165) is 23.3 Å². The summed E-state index contributed by atoms with van der Waals surface area (Å²) >= 11 is 0. The summed E-state index contributed by atoms with van der Waals surface area (Å²) in [5, 5.41) is 0. The Labute approximate surface area is 274 Å². The number of rotatable bonds is 6. The molecule has 2 heterocycles. The minimum Gasteiger partial charge on any atom is -0.278 e. The van der Waals surface area contributed by atoms with Crippen molar-refractivity contribution in [2.45, 2.75) is 50.6 Å². The molecule has 4 aromatic carbocycles. The fraction of sp³-hybridized carbons (Fsp3) is 0.263. The first-order valence-corrected chi connectivity index (χ1v) is 15.7. The van der Waals surface area contributed by atoms with Gasteiger partial charge in [0.1, 0.15) is 23.3 Å². The van der Waals surface area contributed by atoms with Crippen molar-refractivity contribution in [3.8, 4) is 0 Å². The van der Waals surface area contributed by atoms with Crippen LogP contribution in [-0.4, -0.2) is 33.4 Å². The van der Waals surface area contributed by atoms with E-state index in [2.05, 4.69) is 0 Å². The summed E-state index contributed by atoms with van der Waals surface area (Å²) in [5.74, 6) is -4.25. The Bertz CT molecular complexity index is 1810. The van der Waals surface area contributed by atoms with Crippen molar-refractivity contribution >= 4 is 23.6 Å². The van der Waals surface area contributed by atoms with Crippen LogP contribution in [0.2, 0.25) is 0 Å². The first-order chi connectivity index (χ1) is 23.0. The molecule has 2 aliphatic heterocycles. The summed E-state index contributed by atoms with van der Waals surface area (Å²) in [7, 11) is 0. The number of amides is 4. The summed E-state index contributed by atoms with van der Waals surface area (Å²) in [5.41, 5.74) is 0.704. The molecule has 4 atom stereocenters. The molecule has 2 aliphatic carbocycles. The van der Waals surface area contributed by atoms with Crippen LogP contribution in [0.15, 0.2) is 97.1 Å². The summed E-state index contributed by atoms with van der Waals surface area (Å²) in [6.07, 6.45) is 1.07. The van der Waals surface area contributed by atoms with Gasteiger partial charge < -0.3 is 0 Å². The smallest absolute Gasteiger partial charge is 0.236 e. The third kappa shape index (κ3) is 5.48. The largest absolute Gasteiger partial charge is 0.278 e. The van der Waals surface area contributed by atoms with Gasteiger partial charge in [-0.2, -0.15) is 0 Å². The second kappa shape index (κ2) is 11.8. The maximum atomic E-state index is 14.0. The van der Waals surface area contributed by atoms with Crippen LogP contribution in [0.25, 0.3) is 0 Å². The highest BCUT2D eigenvalue weighted by molar-refractivity contribution is 6.09. The lowest BCUT2D eigenvalue weighted by molar-refractivity contribution is -0.142. The van der Waals surface area contributed by atoms with Crippen LogP contribution in [0, 0.1) is 34.1 Å². The number of imide groups is 2. The first-order valence-electron chi connectivity index (χ1n) is 15.7. The van der Waals surface area contributed by atoms with Gasteiger partial charge in [-0.15, -0.1) is 0 Å². The second-order valence-corrected chi connectivity index (χ2v) is 13.1. The monoisotopic (exact) mass is 654 g/mol. The molecule has 4 fully saturated rings. The summed E-state index contributed by atoms with van der Waals surface area (Å²) < 4.78 is 54.1. The van der Waals surface area contributed by atoms with Gasteiger partial charge in [0.15, 0.2) is 0 Å². The zero-order valence-electron chi connectivity index (χ0n) is 25.7. The number of hydrogen-bond donors (Lipinski definition) is 0. The maximum absolute atomic E-state index is 14.0. The molecule has 0 radical (unpaired) electrons. The topological polar surface area (TPSA) is 74.8 Å². The van der Waals surface area contributed by atoms with Gasteiger partial charge in [-0.25, -0.2) is 17.6 Å². The third-order valence-electron chi connectivity index (χ3n) is 10.1. The van der Waals surface area contributed by atoms with Gasteiger partial charge >= 0.3 is 0 Å². The van der Waals surface area contributed by atoms with Gasteiger partial charge in [-0.1, -0.05) is 72.8 Å². The highest BCUT2D eigenvalue weighted by atomic mass is 19.1. The zero-order valence-corrected chi connectivity index (χ0v) is 25.7. The molecular weight excluding hydrogens is 624 g/mol. The molecule has 2 saturated carbocycles. The quantitative estimate of drug-likeness (QED) is 0.170. The number of hydrogen-bond acceptors (Lipinski definition) is 4. The Morgan fingerprint density at radius 1 is 0.542 bits per heavy atom. The van der Waals surface area contributed by atoms with E-state index in [1.54, 1.807) is 0 Å². The van der Waals surface area contributed by atoms with E-state index >= 15 is 0 Å². The van der Waals surface area contributed by atoms with Crippen LogP contribution < -0.4 is 0 Å². The highest BCUT2D eigenvalue weighted by Gasteiger charge is 2.68.